The Hall–Kier alpha value is -0.120. The van der Waals surface area contributed by atoms with Crippen molar-refractivity contribution in [1.29, 1.82) is 0 Å². The molecule has 1 aliphatic carbocycles. The molecule has 0 radical (unpaired) electrons. The van der Waals surface area contributed by atoms with E-state index in [2.05, 4.69) is 18.9 Å². The molecule has 3 atom stereocenters. The average Bonchev–Trinajstić information content (AvgIpc) is 2.61. The van der Waals surface area contributed by atoms with Crippen LogP contribution in [0.15, 0.2) is 0 Å². The molecule has 1 saturated carbocycles. The van der Waals surface area contributed by atoms with Gasteiger partial charge >= 0.3 is 0 Å². The van der Waals surface area contributed by atoms with Crippen LogP contribution in [0.1, 0.15) is 32.6 Å². The van der Waals surface area contributed by atoms with E-state index in [1.165, 1.54) is 25.7 Å². The first-order valence-electron chi connectivity index (χ1n) is 6.10. The van der Waals surface area contributed by atoms with Gasteiger partial charge in [-0.25, -0.2) is 0 Å². The number of methoxy groups -OCH3 is 1. The number of likely N-dealkylation sites (N-methyl/N-ethyl adjacent to an activating group) is 1. The third kappa shape index (κ3) is 4.09. The average molecular weight is 214 g/mol. The molecular weight excluding hydrogens is 188 g/mol. The topological polar surface area (TPSA) is 38.5 Å². The zero-order valence-corrected chi connectivity index (χ0v) is 10.4. The fourth-order valence-electron chi connectivity index (χ4n) is 2.38. The normalized spacial score (nSPS) is 28.6. The molecule has 3 heteroatoms. The van der Waals surface area contributed by atoms with Crippen LogP contribution >= 0.6 is 0 Å². The van der Waals surface area contributed by atoms with Crippen LogP contribution in [0, 0.1) is 5.92 Å². The van der Waals surface area contributed by atoms with Gasteiger partial charge in [0.1, 0.15) is 0 Å². The lowest BCUT2D eigenvalue weighted by molar-refractivity contribution is 0.111. The van der Waals surface area contributed by atoms with E-state index >= 15 is 0 Å². The third-order valence-electron chi connectivity index (χ3n) is 3.73. The second-order valence-electron chi connectivity index (χ2n) is 4.93. The van der Waals surface area contributed by atoms with Crippen molar-refractivity contribution in [2.45, 2.75) is 44.7 Å². The number of ether oxygens (including phenoxy) is 1. The van der Waals surface area contributed by atoms with Crippen molar-refractivity contribution in [3.8, 4) is 0 Å². The van der Waals surface area contributed by atoms with Gasteiger partial charge in [-0.2, -0.15) is 0 Å². The molecule has 2 N–H and O–H groups in total. The minimum absolute atomic E-state index is 0.455. The maximum atomic E-state index is 6.06. The molecule has 1 rings (SSSR count). The lowest BCUT2D eigenvalue weighted by Crippen LogP contribution is -2.35. The number of rotatable bonds is 6. The van der Waals surface area contributed by atoms with E-state index in [-0.39, 0.29) is 0 Å². The molecule has 3 nitrogen and oxygen atoms in total. The van der Waals surface area contributed by atoms with Gasteiger partial charge < -0.3 is 15.4 Å². The molecule has 1 aliphatic rings. The van der Waals surface area contributed by atoms with Crippen LogP contribution in [0.4, 0.5) is 0 Å². The van der Waals surface area contributed by atoms with E-state index in [4.69, 9.17) is 10.5 Å². The van der Waals surface area contributed by atoms with Crippen LogP contribution in [0.25, 0.3) is 0 Å². The summed E-state index contributed by atoms with van der Waals surface area (Å²) in [5.74, 6) is 0.752. The van der Waals surface area contributed by atoms with Crippen molar-refractivity contribution in [3.05, 3.63) is 0 Å². The number of hydrogen-bond acceptors (Lipinski definition) is 3. The SMILES string of the molecule is COCC(C)N(C)CCC1CCCC1N. The standard InChI is InChI=1S/C12H26N2O/c1-10(9-15-3)14(2)8-7-11-5-4-6-12(11)13/h10-12H,4-9,13H2,1-3H3. The molecule has 0 bridgehead atoms. The Morgan fingerprint density at radius 3 is 2.73 bits per heavy atom. The van der Waals surface area contributed by atoms with Gasteiger partial charge in [0.2, 0.25) is 0 Å². The Bertz CT molecular complexity index is 175. The monoisotopic (exact) mass is 214 g/mol. The van der Waals surface area contributed by atoms with Crippen molar-refractivity contribution in [1.82, 2.24) is 4.90 Å². The molecule has 0 aromatic heterocycles. The molecule has 0 aromatic carbocycles. The quantitative estimate of drug-likeness (QED) is 0.727. The highest BCUT2D eigenvalue weighted by Crippen LogP contribution is 2.26. The summed E-state index contributed by atoms with van der Waals surface area (Å²) in [5.41, 5.74) is 6.06. The van der Waals surface area contributed by atoms with Crippen LogP contribution in [0.2, 0.25) is 0 Å². The van der Waals surface area contributed by atoms with Crippen LogP contribution in [0.5, 0.6) is 0 Å². The number of nitrogens with zero attached hydrogens (tertiary/aromatic N) is 1. The highest BCUT2D eigenvalue weighted by molar-refractivity contribution is 4.81. The second kappa shape index (κ2) is 6.46. The zero-order chi connectivity index (χ0) is 11.3. The molecule has 90 valence electrons. The molecule has 0 aliphatic heterocycles. The second-order valence-corrected chi connectivity index (χ2v) is 4.93. The molecule has 1 fully saturated rings. The summed E-state index contributed by atoms with van der Waals surface area (Å²) in [5, 5.41) is 0. The molecule has 3 unspecified atom stereocenters. The first-order valence-corrected chi connectivity index (χ1v) is 6.10. The molecular formula is C12H26N2O. The van der Waals surface area contributed by atoms with E-state index in [1.54, 1.807) is 7.11 Å². The van der Waals surface area contributed by atoms with Gasteiger partial charge in [-0.1, -0.05) is 6.42 Å². The van der Waals surface area contributed by atoms with Crippen LogP contribution in [-0.2, 0) is 4.74 Å². The summed E-state index contributed by atoms with van der Waals surface area (Å²) >= 11 is 0. The summed E-state index contributed by atoms with van der Waals surface area (Å²) in [7, 11) is 3.93. The summed E-state index contributed by atoms with van der Waals surface area (Å²) < 4.78 is 5.15. The summed E-state index contributed by atoms with van der Waals surface area (Å²) in [4.78, 5) is 2.37. The Morgan fingerprint density at radius 1 is 1.47 bits per heavy atom. The van der Waals surface area contributed by atoms with E-state index in [1.807, 2.05) is 0 Å². The fraction of sp³-hybridized carbons (Fsp3) is 1.00. The highest BCUT2D eigenvalue weighted by Gasteiger charge is 2.24. The zero-order valence-electron chi connectivity index (χ0n) is 10.4. The maximum Gasteiger partial charge on any atom is 0.0615 e. The van der Waals surface area contributed by atoms with E-state index in [9.17, 15) is 0 Å². The van der Waals surface area contributed by atoms with E-state index in [0.717, 1.165) is 19.1 Å². The van der Waals surface area contributed by atoms with Gasteiger partial charge in [0.05, 0.1) is 6.61 Å². The molecule has 15 heavy (non-hydrogen) atoms. The van der Waals surface area contributed by atoms with Gasteiger partial charge in [-0.05, 0) is 45.7 Å². The molecule has 0 spiro atoms. The van der Waals surface area contributed by atoms with Gasteiger partial charge in [0, 0.05) is 19.2 Å². The Kier molecular flexibility index (Phi) is 5.58. The molecule has 0 aromatic rings. The molecule has 0 saturated heterocycles. The first kappa shape index (κ1) is 12.9. The van der Waals surface area contributed by atoms with Gasteiger partial charge in [0.15, 0.2) is 0 Å². The van der Waals surface area contributed by atoms with Gasteiger partial charge in [-0.15, -0.1) is 0 Å². The number of nitrogens with two attached hydrogens (primary N) is 1. The predicted molar refractivity (Wildman–Crippen MR) is 63.9 cm³/mol. The first-order chi connectivity index (χ1) is 7.15. The van der Waals surface area contributed by atoms with Gasteiger partial charge in [-0.3, -0.25) is 0 Å². The van der Waals surface area contributed by atoms with Crippen molar-refractivity contribution in [2.75, 3.05) is 27.3 Å². The predicted octanol–water partition coefficient (Wildman–Crippen LogP) is 1.47. The Morgan fingerprint density at radius 2 is 2.20 bits per heavy atom. The van der Waals surface area contributed by atoms with Crippen LogP contribution in [0.3, 0.4) is 0 Å². The van der Waals surface area contributed by atoms with Crippen molar-refractivity contribution < 1.29 is 4.74 Å². The van der Waals surface area contributed by atoms with Crippen LogP contribution < -0.4 is 5.73 Å². The maximum absolute atomic E-state index is 6.06. The van der Waals surface area contributed by atoms with E-state index < -0.39 is 0 Å². The van der Waals surface area contributed by atoms with Gasteiger partial charge in [0.25, 0.3) is 0 Å². The minimum Gasteiger partial charge on any atom is -0.383 e. The summed E-state index contributed by atoms with van der Waals surface area (Å²) in [6.45, 7) is 4.16. The summed E-state index contributed by atoms with van der Waals surface area (Å²) in [6.07, 6.45) is 5.12. The number of hydrogen-bond donors (Lipinski definition) is 1. The van der Waals surface area contributed by atoms with Crippen LogP contribution in [-0.4, -0.2) is 44.3 Å². The fourth-order valence-corrected chi connectivity index (χ4v) is 2.38. The lowest BCUT2D eigenvalue weighted by atomic mass is 10.00. The summed E-state index contributed by atoms with van der Waals surface area (Å²) in [6, 6.07) is 0.962. The van der Waals surface area contributed by atoms with E-state index in [0.29, 0.717) is 12.1 Å². The molecule has 0 heterocycles. The van der Waals surface area contributed by atoms with Crippen molar-refractivity contribution in [2.24, 2.45) is 11.7 Å². The highest BCUT2D eigenvalue weighted by atomic mass is 16.5. The van der Waals surface area contributed by atoms with Crippen molar-refractivity contribution in [3.63, 3.8) is 0 Å². The third-order valence-corrected chi connectivity index (χ3v) is 3.73. The Labute approximate surface area is 94.0 Å². The lowest BCUT2D eigenvalue weighted by Gasteiger charge is -2.26. The smallest absolute Gasteiger partial charge is 0.0615 e. The largest absolute Gasteiger partial charge is 0.383 e. The minimum atomic E-state index is 0.455. The Balaban J connectivity index is 2.18. The molecule has 0 amide bonds. The van der Waals surface area contributed by atoms with Crippen molar-refractivity contribution >= 4 is 0 Å².